The number of nitrogens with one attached hydrogen (secondary N) is 1. The Hall–Kier alpha value is -4.73. The van der Waals surface area contributed by atoms with Gasteiger partial charge in [0, 0.05) is 13.2 Å². The summed E-state index contributed by atoms with van der Waals surface area (Å²) in [6.45, 7) is -0.429. The molecule has 0 spiro atoms. The normalized spacial score (nSPS) is 11.4. The van der Waals surface area contributed by atoms with E-state index in [0.29, 0.717) is 6.07 Å². The zero-order valence-corrected chi connectivity index (χ0v) is 18.2. The molecule has 184 valence electrons. The molecule has 2 aromatic carbocycles. The van der Waals surface area contributed by atoms with Crippen molar-refractivity contribution in [3.8, 4) is 28.7 Å². The number of nitrogens with zero attached hydrogens (tertiary/aromatic N) is 4. The third-order valence-electron chi connectivity index (χ3n) is 5.24. The molecule has 4 aromatic rings. The number of pyridine rings is 1. The molecule has 0 radical (unpaired) electrons. The molecular formula is C23H14F5N5O3. The summed E-state index contributed by atoms with van der Waals surface area (Å²) in [5.74, 6) is -5.31. The molecular weight excluding hydrogens is 489 g/mol. The number of aromatic nitrogens is 4. The molecule has 4 rings (SSSR count). The van der Waals surface area contributed by atoms with Gasteiger partial charge in [0.1, 0.15) is 5.56 Å². The summed E-state index contributed by atoms with van der Waals surface area (Å²) in [6, 6.07) is 9.84. The first-order chi connectivity index (χ1) is 17.0. The van der Waals surface area contributed by atoms with Crippen LogP contribution in [0.2, 0.25) is 0 Å². The second kappa shape index (κ2) is 9.14. The Morgan fingerprint density at radius 3 is 2.33 bits per heavy atom. The van der Waals surface area contributed by atoms with Gasteiger partial charge in [0.05, 0.1) is 18.2 Å². The van der Waals surface area contributed by atoms with E-state index in [1.165, 1.54) is 31.3 Å². The minimum atomic E-state index is -5.09. The number of rotatable bonds is 5. The third-order valence-corrected chi connectivity index (χ3v) is 5.24. The van der Waals surface area contributed by atoms with Gasteiger partial charge in [-0.2, -0.15) is 23.5 Å². The molecule has 1 N–H and O–H groups in total. The number of hydrogen-bond acceptors (Lipinski definition) is 5. The number of nitriles is 1. The van der Waals surface area contributed by atoms with Crippen LogP contribution in [0.1, 0.15) is 17.0 Å². The quantitative estimate of drug-likeness (QED) is 0.416. The fourth-order valence-corrected chi connectivity index (χ4v) is 3.37. The highest BCUT2D eigenvalue weighted by Gasteiger charge is 2.37. The van der Waals surface area contributed by atoms with Crippen LogP contribution in [0.25, 0.3) is 11.1 Å². The maximum atomic E-state index is 14.9. The lowest BCUT2D eigenvalue weighted by atomic mass is 10.0. The van der Waals surface area contributed by atoms with E-state index in [1.54, 1.807) is 0 Å². The van der Waals surface area contributed by atoms with Gasteiger partial charge in [-0.15, -0.1) is 0 Å². The van der Waals surface area contributed by atoms with Gasteiger partial charge in [-0.3, -0.25) is 9.36 Å². The summed E-state index contributed by atoms with van der Waals surface area (Å²) in [5, 5.41) is 14.8. The van der Waals surface area contributed by atoms with Gasteiger partial charge in [-0.05, 0) is 41.5 Å². The van der Waals surface area contributed by atoms with Crippen molar-refractivity contribution in [2.45, 2.75) is 12.7 Å². The van der Waals surface area contributed by atoms with E-state index in [4.69, 9.17) is 10.00 Å². The van der Waals surface area contributed by atoms with Crippen LogP contribution in [-0.2, 0) is 19.8 Å². The minimum absolute atomic E-state index is 0.00424. The average molecular weight is 503 g/mol. The van der Waals surface area contributed by atoms with Crippen LogP contribution in [0.3, 0.4) is 0 Å². The smallest absolute Gasteiger partial charge is 0.420 e. The molecule has 0 bridgehead atoms. The summed E-state index contributed by atoms with van der Waals surface area (Å²) >= 11 is 0. The molecule has 0 aliphatic heterocycles. The highest BCUT2D eigenvalue weighted by Crippen LogP contribution is 2.38. The van der Waals surface area contributed by atoms with Crippen molar-refractivity contribution in [1.82, 2.24) is 19.3 Å². The second-order valence-electron chi connectivity index (χ2n) is 7.56. The number of aromatic amines is 1. The van der Waals surface area contributed by atoms with Crippen molar-refractivity contribution in [2.75, 3.05) is 0 Å². The molecule has 0 amide bonds. The van der Waals surface area contributed by atoms with Gasteiger partial charge >= 0.3 is 11.9 Å². The monoisotopic (exact) mass is 503 g/mol. The van der Waals surface area contributed by atoms with Gasteiger partial charge in [-0.25, -0.2) is 18.7 Å². The van der Waals surface area contributed by atoms with Crippen molar-refractivity contribution in [1.29, 1.82) is 5.26 Å². The first kappa shape index (κ1) is 24.4. The van der Waals surface area contributed by atoms with E-state index in [2.05, 4.69) is 10.2 Å². The first-order valence-corrected chi connectivity index (χ1v) is 10.1. The Labute approximate surface area is 198 Å². The molecule has 0 atom stereocenters. The summed E-state index contributed by atoms with van der Waals surface area (Å²) < 4.78 is 77.2. The SMILES string of the molecule is Cn1c(Cn2ccc(C(F)(F)F)c(Oc3c(F)cc(-c4cccc(C#N)c4)cc3F)c2=O)n[nH]c1=O. The summed E-state index contributed by atoms with van der Waals surface area (Å²) in [4.78, 5) is 24.4. The van der Waals surface area contributed by atoms with Crippen LogP contribution in [-0.4, -0.2) is 19.3 Å². The van der Waals surface area contributed by atoms with Gasteiger partial charge in [0.25, 0.3) is 5.56 Å². The van der Waals surface area contributed by atoms with Gasteiger partial charge < -0.3 is 9.30 Å². The predicted molar refractivity (Wildman–Crippen MR) is 115 cm³/mol. The zero-order valence-electron chi connectivity index (χ0n) is 18.2. The third kappa shape index (κ3) is 4.61. The average Bonchev–Trinajstić information content (AvgIpc) is 3.14. The molecule has 13 heteroatoms. The van der Waals surface area contributed by atoms with Crippen LogP contribution >= 0.6 is 0 Å². The number of alkyl halides is 3. The fourth-order valence-electron chi connectivity index (χ4n) is 3.37. The minimum Gasteiger partial charge on any atom is -0.445 e. The van der Waals surface area contributed by atoms with Crippen LogP contribution in [0.15, 0.2) is 58.3 Å². The fraction of sp³-hybridized carbons (Fsp3) is 0.130. The number of H-pyrrole nitrogens is 1. The molecule has 0 aliphatic carbocycles. The van der Waals surface area contributed by atoms with E-state index in [9.17, 15) is 31.5 Å². The number of hydrogen-bond donors (Lipinski definition) is 1. The molecule has 0 saturated heterocycles. The van der Waals surface area contributed by atoms with Gasteiger partial charge in [-0.1, -0.05) is 12.1 Å². The maximum Gasteiger partial charge on any atom is 0.420 e. The number of ether oxygens (including phenoxy) is 1. The zero-order chi connectivity index (χ0) is 26.2. The van der Waals surface area contributed by atoms with Crippen molar-refractivity contribution in [2.24, 2.45) is 7.05 Å². The van der Waals surface area contributed by atoms with Crippen molar-refractivity contribution < 1.29 is 26.7 Å². The molecule has 8 nitrogen and oxygen atoms in total. The van der Waals surface area contributed by atoms with Gasteiger partial charge in [0.2, 0.25) is 5.75 Å². The van der Waals surface area contributed by atoms with E-state index >= 15 is 0 Å². The standard InChI is InChI=1S/C23H14F5N5O3/c1-32-18(30-31-22(32)35)11-33-6-5-15(23(26,27)28)19(21(33)34)36-20-16(24)8-14(9-17(20)25)13-4-2-3-12(7-13)10-29/h2-9H,11H2,1H3,(H,31,35). The van der Waals surface area contributed by atoms with E-state index in [1.807, 2.05) is 6.07 Å². The molecule has 0 fully saturated rings. The van der Waals surface area contributed by atoms with E-state index in [0.717, 1.165) is 27.5 Å². The molecule has 0 aliphatic rings. The molecule has 36 heavy (non-hydrogen) atoms. The van der Waals surface area contributed by atoms with Crippen LogP contribution < -0.4 is 16.0 Å². The molecule has 0 saturated carbocycles. The Kier molecular flexibility index (Phi) is 6.19. The Bertz CT molecular complexity index is 1610. The van der Waals surface area contributed by atoms with Crippen LogP contribution in [0.4, 0.5) is 22.0 Å². The van der Waals surface area contributed by atoms with Gasteiger partial charge in [0.15, 0.2) is 23.2 Å². The van der Waals surface area contributed by atoms with Crippen molar-refractivity contribution in [3.63, 3.8) is 0 Å². The van der Waals surface area contributed by atoms with Crippen molar-refractivity contribution >= 4 is 0 Å². The number of benzene rings is 2. The molecule has 0 unspecified atom stereocenters. The maximum absolute atomic E-state index is 14.9. The Morgan fingerprint density at radius 2 is 1.75 bits per heavy atom. The van der Waals surface area contributed by atoms with E-state index < -0.39 is 52.7 Å². The lowest BCUT2D eigenvalue weighted by Crippen LogP contribution is -2.26. The second-order valence-corrected chi connectivity index (χ2v) is 7.56. The Balaban J connectivity index is 1.79. The lowest BCUT2D eigenvalue weighted by Gasteiger charge is -2.16. The number of halogens is 5. The lowest BCUT2D eigenvalue weighted by molar-refractivity contribution is -0.138. The highest BCUT2D eigenvalue weighted by atomic mass is 19.4. The summed E-state index contributed by atoms with van der Waals surface area (Å²) in [5.41, 5.74) is -3.03. The van der Waals surface area contributed by atoms with E-state index in [-0.39, 0.29) is 22.5 Å². The highest BCUT2D eigenvalue weighted by molar-refractivity contribution is 5.66. The predicted octanol–water partition coefficient (Wildman–Crippen LogP) is 3.95. The van der Waals surface area contributed by atoms with Crippen LogP contribution in [0, 0.1) is 23.0 Å². The molecule has 2 aromatic heterocycles. The summed E-state index contributed by atoms with van der Waals surface area (Å²) in [6.07, 6.45) is -4.29. The molecule has 2 heterocycles. The van der Waals surface area contributed by atoms with Crippen molar-refractivity contribution in [3.05, 3.63) is 98.1 Å². The first-order valence-electron chi connectivity index (χ1n) is 10.1. The largest absolute Gasteiger partial charge is 0.445 e. The topological polar surface area (TPSA) is 106 Å². The Morgan fingerprint density at radius 1 is 1.06 bits per heavy atom. The summed E-state index contributed by atoms with van der Waals surface area (Å²) in [7, 11) is 1.33. The van der Waals surface area contributed by atoms with Crippen LogP contribution in [0.5, 0.6) is 11.5 Å².